The standard InChI is InChI=1S/C16H27N3OS/c1-14-6-8-15(9-7-14)20-12-5-4-10-18-16(17-2)19-11-13-21-3/h6-9H,4-5,10-13H2,1-3H3,(H2,17,18,19). The molecule has 0 amide bonds. The highest BCUT2D eigenvalue weighted by Crippen LogP contribution is 2.11. The van der Waals surface area contributed by atoms with Crippen molar-refractivity contribution < 1.29 is 4.74 Å². The van der Waals surface area contributed by atoms with Gasteiger partial charge in [0.1, 0.15) is 5.75 Å². The van der Waals surface area contributed by atoms with Gasteiger partial charge in [0.2, 0.25) is 0 Å². The minimum Gasteiger partial charge on any atom is -0.494 e. The topological polar surface area (TPSA) is 45.7 Å². The molecule has 1 aromatic rings. The lowest BCUT2D eigenvalue weighted by Crippen LogP contribution is -2.38. The Morgan fingerprint density at radius 1 is 1.14 bits per heavy atom. The Labute approximate surface area is 132 Å². The first-order valence-corrected chi connectivity index (χ1v) is 8.78. The van der Waals surface area contributed by atoms with Crippen molar-refractivity contribution in [3.63, 3.8) is 0 Å². The van der Waals surface area contributed by atoms with Crippen LogP contribution in [0.25, 0.3) is 0 Å². The van der Waals surface area contributed by atoms with E-state index in [0.717, 1.165) is 50.0 Å². The number of aryl methyl sites for hydroxylation is 1. The van der Waals surface area contributed by atoms with Gasteiger partial charge in [0.05, 0.1) is 6.61 Å². The fourth-order valence-corrected chi connectivity index (χ4v) is 2.06. The summed E-state index contributed by atoms with van der Waals surface area (Å²) in [6, 6.07) is 8.18. The average Bonchev–Trinajstić information content (AvgIpc) is 2.50. The molecule has 0 aliphatic heterocycles. The lowest BCUT2D eigenvalue weighted by atomic mass is 10.2. The lowest BCUT2D eigenvalue weighted by Gasteiger charge is -2.11. The van der Waals surface area contributed by atoms with Crippen molar-refractivity contribution in [2.24, 2.45) is 4.99 Å². The van der Waals surface area contributed by atoms with E-state index in [1.54, 1.807) is 7.05 Å². The van der Waals surface area contributed by atoms with Crippen molar-refractivity contribution >= 4 is 17.7 Å². The zero-order chi connectivity index (χ0) is 15.3. The van der Waals surface area contributed by atoms with Gasteiger partial charge < -0.3 is 15.4 Å². The van der Waals surface area contributed by atoms with Crippen molar-refractivity contribution in [3.8, 4) is 5.75 Å². The Morgan fingerprint density at radius 2 is 1.86 bits per heavy atom. The molecule has 5 heteroatoms. The molecule has 0 atom stereocenters. The number of benzene rings is 1. The van der Waals surface area contributed by atoms with Crippen LogP contribution in [0.1, 0.15) is 18.4 Å². The van der Waals surface area contributed by atoms with Gasteiger partial charge in [0, 0.05) is 25.9 Å². The van der Waals surface area contributed by atoms with E-state index in [1.165, 1.54) is 5.56 Å². The smallest absolute Gasteiger partial charge is 0.191 e. The van der Waals surface area contributed by atoms with E-state index in [2.05, 4.69) is 40.9 Å². The van der Waals surface area contributed by atoms with Gasteiger partial charge in [-0.05, 0) is 38.2 Å². The van der Waals surface area contributed by atoms with Gasteiger partial charge in [-0.15, -0.1) is 0 Å². The maximum Gasteiger partial charge on any atom is 0.191 e. The fourth-order valence-electron chi connectivity index (χ4n) is 1.75. The highest BCUT2D eigenvalue weighted by Gasteiger charge is 1.97. The quantitative estimate of drug-likeness (QED) is 0.418. The first-order chi connectivity index (χ1) is 10.3. The molecule has 21 heavy (non-hydrogen) atoms. The molecule has 0 spiro atoms. The number of aliphatic imine (C=N–C) groups is 1. The first-order valence-electron chi connectivity index (χ1n) is 7.39. The molecule has 0 aliphatic rings. The highest BCUT2D eigenvalue weighted by molar-refractivity contribution is 7.98. The van der Waals surface area contributed by atoms with Gasteiger partial charge in [-0.2, -0.15) is 11.8 Å². The van der Waals surface area contributed by atoms with Crippen LogP contribution in [-0.2, 0) is 0 Å². The largest absolute Gasteiger partial charge is 0.494 e. The molecule has 0 radical (unpaired) electrons. The Bertz CT molecular complexity index is 406. The Hall–Kier alpha value is -1.36. The van der Waals surface area contributed by atoms with Crippen molar-refractivity contribution in [1.29, 1.82) is 0 Å². The summed E-state index contributed by atoms with van der Waals surface area (Å²) < 4.78 is 5.70. The fraction of sp³-hybridized carbons (Fsp3) is 0.562. The third-order valence-electron chi connectivity index (χ3n) is 2.98. The van der Waals surface area contributed by atoms with Crippen LogP contribution < -0.4 is 15.4 Å². The molecular formula is C16H27N3OS. The molecule has 0 saturated heterocycles. The highest BCUT2D eigenvalue weighted by atomic mass is 32.2. The second kappa shape index (κ2) is 11.3. The molecule has 0 aromatic heterocycles. The minimum absolute atomic E-state index is 0.753. The average molecular weight is 309 g/mol. The van der Waals surface area contributed by atoms with Crippen LogP contribution in [0.15, 0.2) is 29.3 Å². The number of ether oxygens (including phenoxy) is 1. The number of hydrogen-bond acceptors (Lipinski definition) is 3. The van der Waals surface area contributed by atoms with E-state index in [4.69, 9.17) is 4.74 Å². The zero-order valence-electron chi connectivity index (χ0n) is 13.3. The summed E-state index contributed by atoms with van der Waals surface area (Å²) in [5.41, 5.74) is 1.26. The summed E-state index contributed by atoms with van der Waals surface area (Å²) in [5, 5.41) is 6.59. The van der Waals surface area contributed by atoms with Crippen LogP contribution in [-0.4, -0.2) is 44.7 Å². The van der Waals surface area contributed by atoms with Crippen LogP contribution in [0.5, 0.6) is 5.75 Å². The van der Waals surface area contributed by atoms with E-state index >= 15 is 0 Å². The third kappa shape index (κ3) is 8.50. The summed E-state index contributed by atoms with van der Waals surface area (Å²) in [7, 11) is 1.80. The summed E-state index contributed by atoms with van der Waals surface area (Å²) in [5.74, 6) is 2.91. The van der Waals surface area contributed by atoms with E-state index < -0.39 is 0 Å². The van der Waals surface area contributed by atoms with Crippen molar-refractivity contribution in [2.45, 2.75) is 19.8 Å². The third-order valence-corrected chi connectivity index (χ3v) is 3.59. The van der Waals surface area contributed by atoms with Gasteiger partial charge in [0.15, 0.2) is 5.96 Å². The lowest BCUT2D eigenvalue weighted by molar-refractivity contribution is 0.307. The van der Waals surface area contributed by atoms with Crippen molar-refractivity contribution in [1.82, 2.24) is 10.6 Å². The number of rotatable bonds is 9. The van der Waals surface area contributed by atoms with Crippen LogP contribution in [0, 0.1) is 6.92 Å². The van der Waals surface area contributed by atoms with Crippen LogP contribution in [0.4, 0.5) is 0 Å². The van der Waals surface area contributed by atoms with E-state index in [1.807, 2.05) is 23.9 Å². The van der Waals surface area contributed by atoms with Crippen LogP contribution in [0.2, 0.25) is 0 Å². The van der Waals surface area contributed by atoms with Crippen LogP contribution in [0.3, 0.4) is 0 Å². The Balaban J connectivity index is 2.04. The summed E-state index contributed by atoms with van der Waals surface area (Å²) >= 11 is 1.83. The SMILES string of the molecule is CN=C(NCCCCOc1ccc(C)cc1)NCCSC. The summed E-state index contributed by atoms with van der Waals surface area (Å²) in [4.78, 5) is 4.19. The predicted molar refractivity (Wildman–Crippen MR) is 93.7 cm³/mol. The number of nitrogens with one attached hydrogen (secondary N) is 2. The summed E-state index contributed by atoms with van der Waals surface area (Å²) in [6.07, 6.45) is 4.20. The van der Waals surface area contributed by atoms with Gasteiger partial charge in [-0.25, -0.2) is 0 Å². The zero-order valence-corrected chi connectivity index (χ0v) is 14.1. The first kappa shape index (κ1) is 17.7. The van der Waals surface area contributed by atoms with E-state index in [0.29, 0.717) is 0 Å². The molecule has 0 saturated carbocycles. The second-order valence-electron chi connectivity index (χ2n) is 4.79. The van der Waals surface area contributed by atoms with E-state index in [9.17, 15) is 0 Å². The molecule has 0 bridgehead atoms. The molecule has 1 rings (SSSR count). The monoisotopic (exact) mass is 309 g/mol. The Kier molecular flexibility index (Phi) is 9.53. The molecule has 0 heterocycles. The number of nitrogens with zero attached hydrogens (tertiary/aromatic N) is 1. The van der Waals surface area contributed by atoms with Gasteiger partial charge in [-0.3, -0.25) is 4.99 Å². The molecule has 0 fully saturated rings. The molecule has 1 aromatic carbocycles. The predicted octanol–water partition coefficient (Wildman–Crippen LogP) is 2.68. The molecule has 4 nitrogen and oxygen atoms in total. The number of thioether (sulfide) groups is 1. The van der Waals surface area contributed by atoms with Crippen molar-refractivity contribution in [2.75, 3.05) is 38.8 Å². The van der Waals surface area contributed by atoms with Crippen LogP contribution >= 0.6 is 11.8 Å². The normalized spacial score (nSPS) is 11.3. The minimum atomic E-state index is 0.753. The van der Waals surface area contributed by atoms with Crippen molar-refractivity contribution in [3.05, 3.63) is 29.8 Å². The number of hydrogen-bond donors (Lipinski definition) is 2. The molecule has 118 valence electrons. The molecule has 0 unspecified atom stereocenters. The maximum absolute atomic E-state index is 5.70. The molecule has 0 aliphatic carbocycles. The van der Waals surface area contributed by atoms with Gasteiger partial charge in [0.25, 0.3) is 0 Å². The van der Waals surface area contributed by atoms with E-state index in [-0.39, 0.29) is 0 Å². The van der Waals surface area contributed by atoms with Gasteiger partial charge in [-0.1, -0.05) is 17.7 Å². The maximum atomic E-state index is 5.70. The second-order valence-corrected chi connectivity index (χ2v) is 5.77. The number of unbranched alkanes of at least 4 members (excludes halogenated alkanes) is 1. The van der Waals surface area contributed by atoms with Gasteiger partial charge >= 0.3 is 0 Å². The number of guanidine groups is 1. The molecular weight excluding hydrogens is 282 g/mol. The molecule has 2 N–H and O–H groups in total. The summed E-state index contributed by atoms with van der Waals surface area (Å²) in [6.45, 7) is 4.69. The Morgan fingerprint density at radius 3 is 2.52 bits per heavy atom.